The van der Waals surface area contributed by atoms with E-state index in [2.05, 4.69) is 15.4 Å². The second-order valence-electron chi connectivity index (χ2n) is 3.83. The van der Waals surface area contributed by atoms with Gasteiger partial charge in [-0.2, -0.15) is 4.80 Å². The molecule has 1 heterocycles. The number of tetrazole rings is 1. The summed E-state index contributed by atoms with van der Waals surface area (Å²) in [5.74, 6) is -0.320. The van der Waals surface area contributed by atoms with Crippen molar-refractivity contribution in [2.24, 2.45) is 0 Å². The first-order chi connectivity index (χ1) is 8.65. The normalized spacial score (nSPS) is 10.4. The molecule has 1 aromatic carbocycles. The Morgan fingerprint density at radius 1 is 1.33 bits per heavy atom. The van der Waals surface area contributed by atoms with Gasteiger partial charge in [0.05, 0.1) is 6.54 Å². The van der Waals surface area contributed by atoms with Crippen molar-refractivity contribution in [1.82, 2.24) is 20.2 Å². The summed E-state index contributed by atoms with van der Waals surface area (Å²) in [4.78, 5) is 11.8. The highest BCUT2D eigenvalue weighted by atomic mass is 16.4. The van der Waals surface area contributed by atoms with Crippen LogP contribution in [0.15, 0.2) is 24.3 Å². The number of benzene rings is 1. The van der Waals surface area contributed by atoms with Gasteiger partial charge in [-0.15, -0.1) is 10.2 Å². The Bertz CT molecular complexity index is 535. The number of aromatic nitrogens is 4. The molecule has 1 aromatic heterocycles. The highest BCUT2D eigenvalue weighted by molar-refractivity contribution is 5.66. The maximum absolute atomic E-state index is 10.4. The lowest BCUT2D eigenvalue weighted by molar-refractivity contribution is -0.137. The Morgan fingerprint density at radius 3 is 2.72 bits per heavy atom. The van der Waals surface area contributed by atoms with Crippen LogP contribution >= 0.6 is 0 Å². The fourth-order valence-corrected chi connectivity index (χ4v) is 1.46. The van der Waals surface area contributed by atoms with E-state index >= 15 is 0 Å². The molecular weight excluding hydrogens is 234 g/mol. The van der Waals surface area contributed by atoms with E-state index < -0.39 is 5.97 Å². The topological polar surface area (TPSA) is 107 Å². The summed E-state index contributed by atoms with van der Waals surface area (Å²) in [5.41, 5.74) is 7.09. The molecule has 0 unspecified atom stereocenters. The Morgan fingerprint density at radius 2 is 2.06 bits per heavy atom. The first-order valence-corrected chi connectivity index (χ1v) is 5.50. The molecule has 0 saturated carbocycles. The maximum Gasteiger partial charge on any atom is 0.303 e. The summed E-state index contributed by atoms with van der Waals surface area (Å²) in [6, 6.07) is 7.16. The fraction of sp³-hybridized carbons (Fsp3) is 0.273. The number of hydrogen-bond acceptors (Lipinski definition) is 5. The molecular formula is C11H13N5O2. The number of nitrogens with zero attached hydrogens (tertiary/aromatic N) is 4. The SMILES string of the molecule is Nc1ccc(-c2nnn(CCCC(=O)O)n2)cc1. The molecule has 0 radical (unpaired) electrons. The van der Waals surface area contributed by atoms with Crippen LogP contribution in [0.3, 0.4) is 0 Å². The molecule has 0 aliphatic heterocycles. The van der Waals surface area contributed by atoms with Gasteiger partial charge in [-0.25, -0.2) is 0 Å². The smallest absolute Gasteiger partial charge is 0.303 e. The van der Waals surface area contributed by atoms with Crippen molar-refractivity contribution in [1.29, 1.82) is 0 Å². The minimum absolute atomic E-state index is 0.0960. The van der Waals surface area contributed by atoms with Crippen molar-refractivity contribution in [2.45, 2.75) is 19.4 Å². The Labute approximate surface area is 103 Å². The molecule has 0 amide bonds. The van der Waals surface area contributed by atoms with Crippen molar-refractivity contribution < 1.29 is 9.90 Å². The first kappa shape index (κ1) is 12.0. The largest absolute Gasteiger partial charge is 0.481 e. The lowest BCUT2D eigenvalue weighted by atomic mass is 10.2. The Hall–Kier alpha value is -2.44. The van der Waals surface area contributed by atoms with E-state index in [0.29, 0.717) is 24.5 Å². The van der Waals surface area contributed by atoms with Crippen LogP contribution in [-0.2, 0) is 11.3 Å². The van der Waals surface area contributed by atoms with E-state index in [4.69, 9.17) is 10.8 Å². The lowest BCUT2D eigenvalue weighted by Crippen LogP contribution is -2.05. The van der Waals surface area contributed by atoms with E-state index in [9.17, 15) is 4.79 Å². The van der Waals surface area contributed by atoms with Crippen LogP contribution in [0.4, 0.5) is 5.69 Å². The minimum atomic E-state index is -0.825. The summed E-state index contributed by atoms with van der Waals surface area (Å²) in [6.45, 7) is 0.439. The van der Waals surface area contributed by atoms with Crippen LogP contribution in [0.5, 0.6) is 0 Å². The number of aliphatic carboxylic acids is 1. The molecule has 0 spiro atoms. The molecule has 18 heavy (non-hydrogen) atoms. The van der Waals surface area contributed by atoms with Crippen LogP contribution in [0.25, 0.3) is 11.4 Å². The van der Waals surface area contributed by atoms with Crippen molar-refractivity contribution in [3.05, 3.63) is 24.3 Å². The molecule has 0 aliphatic rings. The monoisotopic (exact) mass is 247 g/mol. The standard InChI is InChI=1S/C11H13N5O2/c12-9-5-3-8(4-6-9)11-13-15-16(14-11)7-1-2-10(17)18/h3-6H,1-2,7,12H2,(H,17,18). The van der Waals surface area contributed by atoms with Crippen LogP contribution in [-0.4, -0.2) is 31.3 Å². The van der Waals surface area contributed by atoms with Gasteiger partial charge < -0.3 is 10.8 Å². The molecule has 0 atom stereocenters. The number of nitrogen functional groups attached to an aromatic ring is 1. The van der Waals surface area contributed by atoms with E-state index in [1.807, 2.05) is 12.1 Å². The summed E-state index contributed by atoms with van der Waals surface area (Å²) in [6.07, 6.45) is 0.575. The zero-order valence-electron chi connectivity index (χ0n) is 9.65. The van der Waals surface area contributed by atoms with E-state index in [0.717, 1.165) is 5.56 Å². The summed E-state index contributed by atoms with van der Waals surface area (Å²) in [5, 5.41) is 20.5. The average molecular weight is 247 g/mol. The van der Waals surface area contributed by atoms with Gasteiger partial charge in [0.15, 0.2) is 0 Å². The third kappa shape index (κ3) is 3.03. The zero-order valence-corrected chi connectivity index (χ0v) is 9.65. The van der Waals surface area contributed by atoms with Crippen LogP contribution < -0.4 is 5.73 Å². The summed E-state index contributed by atoms with van der Waals surface area (Å²) >= 11 is 0. The molecule has 2 rings (SSSR count). The first-order valence-electron chi connectivity index (χ1n) is 5.50. The zero-order chi connectivity index (χ0) is 13.0. The third-order valence-corrected chi connectivity index (χ3v) is 2.37. The molecule has 3 N–H and O–H groups in total. The van der Waals surface area contributed by atoms with Gasteiger partial charge >= 0.3 is 5.97 Å². The van der Waals surface area contributed by atoms with Gasteiger partial charge in [0.25, 0.3) is 0 Å². The maximum atomic E-state index is 10.4. The van der Waals surface area contributed by atoms with Crippen molar-refractivity contribution in [3.8, 4) is 11.4 Å². The van der Waals surface area contributed by atoms with Crippen molar-refractivity contribution in [3.63, 3.8) is 0 Å². The Balaban J connectivity index is 2.01. The van der Waals surface area contributed by atoms with E-state index in [1.54, 1.807) is 12.1 Å². The van der Waals surface area contributed by atoms with Gasteiger partial charge in [-0.05, 0) is 35.9 Å². The molecule has 0 fully saturated rings. The van der Waals surface area contributed by atoms with Crippen LogP contribution in [0, 0.1) is 0 Å². The molecule has 7 heteroatoms. The summed E-state index contributed by atoms with van der Waals surface area (Å²) < 4.78 is 0. The number of nitrogens with two attached hydrogens (primary N) is 1. The van der Waals surface area contributed by atoms with E-state index in [1.165, 1.54) is 4.80 Å². The minimum Gasteiger partial charge on any atom is -0.481 e. The molecule has 7 nitrogen and oxygen atoms in total. The highest BCUT2D eigenvalue weighted by Crippen LogP contribution is 2.15. The molecule has 2 aromatic rings. The second-order valence-corrected chi connectivity index (χ2v) is 3.83. The predicted molar refractivity (Wildman–Crippen MR) is 64.5 cm³/mol. The predicted octanol–water partition coefficient (Wildman–Crippen LogP) is 0.787. The number of carboxylic acid groups (broad SMARTS) is 1. The van der Waals surface area contributed by atoms with Crippen LogP contribution in [0.2, 0.25) is 0 Å². The number of anilines is 1. The average Bonchev–Trinajstić information content (AvgIpc) is 2.78. The number of rotatable bonds is 5. The molecule has 0 saturated heterocycles. The number of carboxylic acids is 1. The second kappa shape index (κ2) is 5.26. The van der Waals surface area contributed by atoms with E-state index in [-0.39, 0.29) is 6.42 Å². The third-order valence-electron chi connectivity index (χ3n) is 2.37. The number of aryl methyl sites for hydroxylation is 1. The molecule has 0 aliphatic carbocycles. The van der Waals surface area contributed by atoms with Gasteiger partial charge in [0, 0.05) is 17.7 Å². The quantitative estimate of drug-likeness (QED) is 0.756. The summed E-state index contributed by atoms with van der Waals surface area (Å²) in [7, 11) is 0. The Kier molecular flexibility index (Phi) is 3.52. The van der Waals surface area contributed by atoms with Gasteiger partial charge in [0.1, 0.15) is 0 Å². The van der Waals surface area contributed by atoms with Crippen molar-refractivity contribution in [2.75, 3.05) is 5.73 Å². The van der Waals surface area contributed by atoms with Gasteiger partial charge in [0.2, 0.25) is 5.82 Å². The lowest BCUT2D eigenvalue weighted by Gasteiger charge is -1.96. The number of hydrogen-bond donors (Lipinski definition) is 2. The highest BCUT2D eigenvalue weighted by Gasteiger charge is 2.06. The van der Waals surface area contributed by atoms with Crippen molar-refractivity contribution >= 4 is 11.7 Å². The van der Waals surface area contributed by atoms with Crippen LogP contribution in [0.1, 0.15) is 12.8 Å². The molecule has 94 valence electrons. The molecule has 0 bridgehead atoms. The van der Waals surface area contributed by atoms with Gasteiger partial charge in [-0.1, -0.05) is 0 Å². The van der Waals surface area contributed by atoms with Gasteiger partial charge in [-0.3, -0.25) is 4.79 Å². The number of carbonyl (C=O) groups is 1. The fourth-order valence-electron chi connectivity index (χ4n) is 1.46.